The number of nitriles is 1. The number of rotatable bonds is 4. The molecule has 0 aliphatic carbocycles. The third-order valence-corrected chi connectivity index (χ3v) is 3.93. The molecule has 8 heteroatoms. The van der Waals surface area contributed by atoms with E-state index in [0.29, 0.717) is 16.8 Å². The van der Waals surface area contributed by atoms with Crippen LogP contribution in [0.1, 0.15) is 16.8 Å². The highest BCUT2D eigenvalue weighted by atomic mass is 32.2. The van der Waals surface area contributed by atoms with E-state index in [2.05, 4.69) is 14.9 Å². The molecular weight excluding hydrogens is 278 g/mol. The Morgan fingerprint density at radius 2 is 2.15 bits per heavy atom. The predicted octanol–water partition coefficient (Wildman–Crippen LogP) is 1.11. The number of nitrogens with two attached hydrogens (primary N) is 1. The van der Waals surface area contributed by atoms with Crippen LogP contribution < -0.4 is 10.5 Å². The lowest BCUT2D eigenvalue weighted by Crippen LogP contribution is -2.16. The quantitative estimate of drug-likeness (QED) is 0.778. The standard InChI is InChI=1S/C12H13N5O2S/c1-8-11(14)12(16-15-8)17-20(18,19)7-10-5-3-2-4-9(10)6-13/h2-5H,7,14H2,1H3,(H2,15,16,17). The predicted molar refractivity (Wildman–Crippen MR) is 75.1 cm³/mol. The highest BCUT2D eigenvalue weighted by Crippen LogP contribution is 2.21. The number of sulfonamides is 1. The SMILES string of the molecule is Cc1[nH]nc(NS(=O)(=O)Cc2ccccc2C#N)c1N. The molecule has 0 spiro atoms. The lowest BCUT2D eigenvalue weighted by atomic mass is 10.1. The van der Waals surface area contributed by atoms with Gasteiger partial charge in [-0.15, -0.1) is 0 Å². The number of aromatic amines is 1. The maximum absolute atomic E-state index is 12.1. The van der Waals surface area contributed by atoms with Crippen LogP contribution in [-0.4, -0.2) is 18.6 Å². The smallest absolute Gasteiger partial charge is 0.238 e. The molecule has 0 bridgehead atoms. The number of hydrogen-bond donors (Lipinski definition) is 3. The van der Waals surface area contributed by atoms with E-state index in [-0.39, 0.29) is 17.3 Å². The minimum atomic E-state index is -3.69. The van der Waals surface area contributed by atoms with Crippen LogP contribution in [-0.2, 0) is 15.8 Å². The Hall–Kier alpha value is -2.53. The molecular formula is C12H13N5O2S. The summed E-state index contributed by atoms with van der Waals surface area (Å²) in [6.07, 6.45) is 0. The van der Waals surface area contributed by atoms with Crippen molar-refractivity contribution in [3.63, 3.8) is 0 Å². The van der Waals surface area contributed by atoms with Gasteiger partial charge in [-0.1, -0.05) is 18.2 Å². The van der Waals surface area contributed by atoms with Gasteiger partial charge < -0.3 is 5.73 Å². The van der Waals surface area contributed by atoms with Gasteiger partial charge in [-0.05, 0) is 18.6 Å². The molecule has 104 valence electrons. The van der Waals surface area contributed by atoms with Crippen molar-refractivity contribution in [2.75, 3.05) is 10.5 Å². The number of benzene rings is 1. The van der Waals surface area contributed by atoms with E-state index < -0.39 is 10.0 Å². The van der Waals surface area contributed by atoms with Gasteiger partial charge in [0.15, 0.2) is 5.82 Å². The minimum absolute atomic E-state index is 0.0666. The number of aryl methyl sites for hydroxylation is 1. The fraction of sp³-hybridized carbons (Fsp3) is 0.167. The molecule has 2 aromatic rings. The molecule has 0 amide bonds. The lowest BCUT2D eigenvalue weighted by molar-refractivity contribution is 0.600. The van der Waals surface area contributed by atoms with E-state index in [1.165, 1.54) is 0 Å². The van der Waals surface area contributed by atoms with Crippen LogP contribution in [0.15, 0.2) is 24.3 Å². The summed E-state index contributed by atoms with van der Waals surface area (Å²) >= 11 is 0. The fourth-order valence-electron chi connectivity index (χ4n) is 1.66. The van der Waals surface area contributed by atoms with Gasteiger partial charge in [0.2, 0.25) is 10.0 Å². The zero-order valence-electron chi connectivity index (χ0n) is 10.7. The second-order valence-corrected chi connectivity index (χ2v) is 5.96. The maximum Gasteiger partial charge on any atom is 0.238 e. The lowest BCUT2D eigenvalue weighted by Gasteiger charge is -2.07. The van der Waals surface area contributed by atoms with E-state index in [1.54, 1.807) is 31.2 Å². The first-order valence-corrected chi connectivity index (χ1v) is 7.37. The molecule has 0 atom stereocenters. The Morgan fingerprint density at radius 3 is 2.75 bits per heavy atom. The number of aromatic nitrogens is 2. The van der Waals surface area contributed by atoms with Gasteiger partial charge in [-0.25, -0.2) is 8.42 Å². The van der Waals surface area contributed by atoms with Crippen LogP contribution in [0.5, 0.6) is 0 Å². The summed E-state index contributed by atoms with van der Waals surface area (Å²) in [6.45, 7) is 1.69. The van der Waals surface area contributed by atoms with Crippen molar-refractivity contribution in [1.82, 2.24) is 10.2 Å². The second kappa shape index (κ2) is 5.22. The Bertz CT molecular complexity index is 773. The van der Waals surface area contributed by atoms with Gasteiger partial charge in [0.1, 0.15) is 0 Å². The topological polar surface area (TPSA) is 125 Å². The molecule has 1 heterocycles. The van der Waals surface area contributed by atoms with Gasteiger partial charge in [0.05, 0.1) is 28.8 Å². The average Bonchev–Trinajstić information content (AvgIpc) is 2.70. The summed E-state index contributed by atoms with van der Waals surface area (Å²) in [5, 5.41) is 15.3. The first-order chi connectivity index (χ1) is 9.43. The molecule has 0 saturated heterocycles. The third kappa shape index (κ3) is 2.89. The summed E-state index contributed by atoms with van der Waals surface area (Å²) in [5.74, 6) is -0.251. The number of H-pyrrole nitrogens is 1. The second-order valence-electron chi connectivity index (χ2n) is 4.24. The first-order valence-electron chi connectivity index (χ1n) is 5.72. The molecule has 20 heavy (non-hydrogen) atoms. The van der Waals surface area contributed by atoms with Crippen molar-refractivity contribution in [2.24, 2.45) is 0 Å². The van der Waals surface area contributed by atoms with E-state index >= 15 is 0 Å². The van der Waals surface area contributed by atoms with Crippen molar-refractivity contribution in [2.45, 2.75) is 12.7 Å². The zero-order valence-corrected chi connectivity index (χ0v) is 11.5. The van der Waals surface area contributed by atoms with E-state index in [9.17, 15) is 8.42 Å². The fourth-order valence-corrected chi connectivity index (χ4v) is 2.84. The first kappa shape index (κ1) is 13.9. The van der Waals surface area contributed by atoms with Crippen LogP contribution in [0.25, 0.3) is 0 Å². The zero-order chi connectivity index (χ0) is 14.8. The number of nitrogens with one attached hydrogen (secondary N) is 2. The molecule has 4 N–H and O–H groups in total. The number of hydrogen-bond acceptors (Lipinski definition) is 5. The van der Waals surface area contributed by atoms with Gasteiger partial charge in [-0.3, -0.25) is 9.82 Å². The molecule has 0 fully saturated rings. The summed E-state index contributed by atoms with van der Waals surface area (Å²) in [7, 11) is -3.69. The Morgan fingerprint density at radius 1 is 1.45 bits per heavy atom. The van der Waals surface area contributed by atoms with E-state index in [4.69, 9.17) is 11.0 Å². The Kier molecular flexibility index (Phi) is 3.63. The summed E-state index contributed by atoms with van der Waals surface area (Å²) in [6, 6.07) is 8.48. The van der Waals surface area contributed by atoms with Gasteiger partial charge in [-0.2, -0.15) is 10.4 Å². The monoisotopic (exact) mass is 291 g/mol. The Labute approximate surface area is 116 Å². The van der Waals surface area contributed by atoms with Crippen LogP contribution in [0.4, 0.5) is 11.5 Å². The van der Waals surface area contributed by atoms with E-state index in [1.807, 2.05) is 6.07 Å². The maximum atomic E-state index is 12.1. The molecule has 0 aliphatic heterocycles. The van der Waals surface area contributed by atoms with Crippen LogP contribution in [0, 0.1) is 18.3 Å². The van der Waals surface area contributed by atoms with Crippen molar-refractivity contribution in [1.29, 1.82) is 5.26 Å². The van der Waals surface area contributed by atoms with Gasteiger partial charge in [0, 0.05) is 0 Å². The highest BCUT2D eigenvalue weighted by molar-refractivity contribution is 7.91. The molecule has 1 aromatic heterocycles. The number of nitrogens with zero attached hydrogens (tertiary/aromatic N) is 2. The van der Waals surface area contributed by atoms with Crippen molar-refractivity contribution < 1.29 is 8.42 Å². The molecule has 0 saturated carbocycles. The molecule has 0 unspecified atom stereocenters. The normalized spacial score (nSPS) is 11.0. The minimum Gasteiger partial charge on any atom is -0.394 e. The molecule has 1 aromatic carbocycles. The van der Waals surface area contributed by atoms with E-state index in [0.717, 1.165) is 0 Å². The van der Waals surface area contributed by atoms with Gasteiger partial charge in [0.25, 0.3) is 0 Å². The Balaban J connectivity index is 2.24. The van der Waals surface area contributed by atoms with Crippen molar-refractivity contribution >= 4 is 21.5 Å². The van der Waals surface area contributed by atoms with Crippen LogP contribution in [0.3, 0.4) is 0 Å². The third-order valence-electron chi connectivity index (χ3n) is 2.73. The summed E-state index contributed by atoms with van der Waals surface area (Å²) in [4.78, 5) is 0. The summed E-state index contributed by atoms with van der Waals surface area (Å²) in [5.41, 5.74) is 7.27. The molecule has 2 rings (SSSR count). The number of anilines is 2. The largest absolute Gasteiger partial charge is 0.394 e. The summed E-state index contributed by atoms with van der Waals surface area (Å²) < 4.78 is 26.4. The van der Waals surface area contributed by atoms with Crippen LogP contribution in [0.2, 0.25) is 0 Å². The average molecular weight is 291 g/mol. The molecule has 7 nitrogen and oxygen atoms in total. The number of nitrogen functional groups attached to an aromatic ring is 1. The van der Waals surface area contributed by atoms with Crippen molar-refractivity contribution in [3.05, 3.63) is 41.1 Å². The molecule has 0 radical (unpaired) electrons. The van der Waals surface area contributed by atoms with Gasteiger partial charge >= 0.3 is 0 Å². The highest BCUT2D eigenvalue weighted by Gasteiger charge is 2.17. The van der Waals surface area contributed by atoms with Crippen LogP contribution >= 0.6 is 0 Å². The molecule has 0 aliphatic rings. The van der Waals surface area contributed by atoms with Crippen molar-refractivity contribution in [3.8, 4) is 6.07 Å².